The van der Waals surface area contributed by atoms with Gasteiger partial charge in [0.2, 0.25) is 15.9 Å². The maximum atomic E-state index is 12.9. The molecule has 0 radical (unpaired) electrons. The van der Waals surface area contributed by atoms with Crippen molar-refractivity contribution in [2.24, 2.45) is 0 Å². The number of morpholine rings is 1. The largest absolute Gasteiger partial charge is 0.378 e. The van der Waals surface area contributed by atoms with Gasteiger partial charge in [0.15, 0.2) is 5.82 Å². The number of hydrogen-bond donors (Lipinski definition) is 2. The molecule has 1 aromatic carbocycles. The number of sulfonamides is 1. The first-order valence-corrected chi connectivity index (χ1v) is 14.2. The lowest BCUT2D eigenvalue weighted by molar-refractivity contribution is -0.114. The third-order valence-electron chi connectivity index (χ3n) is 6.51. The van der Waals surface area contributed by atoms with Gasteiger partial charge >= 0.3 is 0 Å². The minimum absolute atomic E-state index is 0.130. The van der Waals surface area contributed by atoms with Crippen molar-refractivity contribution >= 4 is 49.0 Å². The van der Waals surface area contributed by atoms with Crippen LogP contribution in [0, 0.1) is 0 Å². The first kappa shape index (κ1) is 24.1. The monoisotopic (exact) mass is 515 g/mol. The van der Waals surface area contributed by atoms with Crippen molar-refractivity contribution < 1.29 is 17.9 Å². The fraction of sp³-hybridized carbons (Fsp3) is 0.458. The molecular weight excluding hydrogens is 486 g/mol. The molecule has 0 atom stereocenters. The SMILES string of the molecule is CC(=O)Nc1ccc(S(=O)(=O)NC2CCC(c3nc(N4CCOCC4)c4sccc4n3)CC2)cc1. The van der Waals surface area contributed by atoms with Gasteiger partial charge in [0.1, 0.15) is 5.82 Å². The number of nitrogens with zero attached hydrogens (tertiary/aromatic N) is 3. The molecule has 1 aliphatic carbocycles. The van der Waals surface area contributed by atoms with E-state index in [-0.39, 0.29) is 22.8 Å². The van der Waals surface area contributed by atoms with Crippen LogP contribution in [0.15, 0.2) is 40.6 Å². The molecule has 2 aliphatic rings. The zero-order valence-electron chi connectivity index (χ0n) is 19.6. The standard InChI is InChI=1S/C24H29N5O4S2/c1-16(30)25-18-6-8-20(9-7-18)35(31,32)28-19-4-2-17(3-5-19)23-26-21-10-15-34-22(21)24(27-23)29-11-13-33-14-12-29/h6-10,15,17,19,28H,2-5,11-14H2,1H3,(H,25,30). The van der Waals surface area contributed by atoms with E-state index < -0.39 is 10.0 Å². The van der Waals surface area contributed by atoms with E-state index >= 15 is 0 Å². The third kappa shape index (κ3) is 5.48. The molecule has 186 valence electrons. The molecule has 5 rings (SSSR count). The number of carbonyl (C=O) groups excluding carboxylic acids is 1. The Labute approximate surface area is 209 Å². The van der Waals surface area contributed by atoms with Crippen molar-refractivity contribution in [3.63, 3.8) is 0 Å². The van der Waals surface area contributed by atoms with Crippen LogP contribution in [0.3, 0.4) is 0 Å². The molecule has 9 nitrogen and oxygen atoms in total. The normalized spacial score (nSPS) is 21.2. The first-order chi connectivity index (χ1) is 16.9. The lowest BCUT2D eigenvalue weighted by atomic mass is 9.86. The smallest absolute Gasteiger partial charge is 0.240 e. The highest BCUT2D eigenvalue weighted by Crippen LogP contribution is 2.36. The van der Waals surface area contributed by atoms with E-state index in [1.165, 1.54) is 19.1 Å². The summed E-state index contributed by atoms with van der Waals surface area (Å²) in [4.78, 5) is 23.5. The summed E-state index contributed by atoms with van der Waals surface area (Å²) < 4.78 is 35.2. The lowest BCUT2D eigenvalue weighted by Gasteiger charge is -2.30. The number of benzene rings is 1. The van der Waals surface area contributed by atoms with Gasteiger partial charge < -0.3 is 15.0 Å². The van der Waals surface area contributed by atoms with E-state index in [0.29, 0.717) is 18.9 Å². The average Bonchev–Trinajstić information content (AvgIpc) is 3.33. The molecule has 1 aliphatic heterocycles. The Bertz CT molecular complexity index is 1300. The summed E-state index contributed by atoms with van der Waals surface area (Å²) in [6.07, 6.45) is 3.11. The van der Waals surface area contributed by atoms with Crippen LogP contribution in [0.5, 0.6) is 0 Å². The topological polar surface area (TPSA) is 114 Å². The fourth-order valence-electron chi connectivity index (χ4n) is 4.72. The van der Waals surface area contributed by atoms with Crippen molar-refractivity contribution in [2.75, 3.05) is 36.5 Å². The zero-order chi connectivity index (χ0) is 24.4. The number of fused-ring (bicyclic) bond motifs is 1. The first-order valence-electron chi connectivity index (χ1n) is 11.9. The van der Waals surface area contributed by atoms with Crippen molar-refractivity contribution in [2.45, 2.75) is 49.5 Å². The highest BCUT2D eigenvalue weighted by atomic mass is 32.2. The number of hydrogen-bond acceptors (Lipinski definition) is 8. The Morgan fingerprint density at radius 2 is 1.77 bits per heavy atom. The Kier molecular flexibility index (Phi) is 7.01. The minimum Gasteiger partial charge on any atom is -0.378 e. The van der Waals surface area contributed by atoms with Crippen LogP contribution in [0.2, 0.25) is 0 Å². The molecule has 1 saturated heterocycles. The van der Waals surface area contributed by atoms with Gasteiger partial charge in [0.25, 0.3) is 0 Å². The number of rotatable bonds is 6. The molecule has 3 heterocycles. The van der Waals surface area contributed by atoms with E-state index in [2.05, 4.69) is 20.3 Å². The molecular formula is C24H29N5O4S2. The maximum Gasteiger partial charge on any atom is 0.240 e. The summed E-state index contributed by atoms with van der Waals surface area (Å²) in [5, 5.41) is 4.70. The molecule has 2 aromatic heterocycles. The van der Waals surface area contributed by atoms with Crippen LogP contribution in [-0.4, -0.2) is 56.6 Å². The van der Waals surface area contributed by atoms with Gasteiger partial charge in [-0.05, 0) is 61.4 Å². The molecule has 0 spiro atoms. The van der Waals surface area contributed by atoms with Crippen LogP contribution in [0.25, 0.3) is 10.2 Å². The van der Waals surface area contributed by atoms with Crippen LogP contribution in [0.4, 0.5) is 11.5 Å². The molecule has 35 heavy (non-hydrogen) atoms. The molecule has 1 saturated carbocycles. The fourth-order valence-corrected chi connectivity index (χ4v) is 6.87. The number of aromatic nitrogens is 2. The summed E-state index contributed by atoms with van der Waals surface area (Å²) in [6.45, 7) is 4.46. The van der Waals surface area contributed by atoms with Crippen LogP contribution in [-0.2, 0) is 19.6 Å². The van der Waals surface area contributed by atoms with Crippen LogP contribution >= 0.6 is 11.3 Å². The Balaban J connectivity index is 1.25. The summed E-state index contributed by atoms with van der Waals surface area (Å²) >= 11 is 1.67. The summed E-state index contributed by atoms with van der Waals surface area (Å²) in [6, 6.07) is 8.13. The average molecular weight is 516 g/mol. The van der Waals surface area contributed by atoms with Crippen molar-refractivity contribution in [3.05, 3.63) is 41.5 Å². The molecule has 0 bridgehead atoms. The van der Waals surface area contributed by atoms with Crippen LogP contribution < -0.4 is 14.9 Å². The summed E-state index contributed by atoms with van der Waals surface area (Å²) in [5.74, 6) is 1.85. The van der Waals surface area contributed by atoms with Crippen LogP contribution in [0.1, 0.15) is 44.3 Å². The van der Waals surface area contributed by atoms with E-state index in [9.17, 15) is 13.2 Å². The predicted molar refractivity (Wildman–Crippen MR) is 137 cm³/mol. The summed E-state index contributed by atoms with van der Waals surface area (Å²) in [7, 11) is -3.64. The molecule has 3 aromatic rings. The van der Waals surface area contributed by atoms with Gasteiger partial charge in [0.05, 0.1) is 28.3 Å². The Hall–Kier alpha value is -2.60. The maximum absolute atomic E-state index is 12.9. The number of nitrogens with one attached hydrogen (secondary N) is 2. The number of anilines is 2. The van der Waals surface area contributed by atoms with Gasteiger partial charge in [-0.3, -0.25) is 4.79 Å². The highest BCUT2D eigenvalue weighted by molar-refractivity contribution is 7.89. The lowest BCUT2D eigenvalue weighted by Crippen LogP contribution is -2.38. The van der Waals surface area contributed by atoms with Crippen molar-refractivity contribution in [1.82, 2.24) is 14.7 Å². The van der Waals surface area contributed by atoms with Gasteiger partial charge in [-0.1, -0.05) is 0 Å². The van der Waals surface area contributed by atoms with Gasteiger partial charge in [-0.25, -0.2) is 23.1 Å². The van der Waals surface area contributed by atoms with E-state index in [0.717, 1.165) is 60.6 Å². The van der Waals surface area contributed by atoms with E-state index in [1.54, 1.807) is 23.5 Å². The zero-order valence-corrected chi connectivity index (χ0v) is 21.2. The van der Waals surface area contributed by atoms with Gasteiger partial charge in [-0.2, -0.15) is 0 Å². The minimum atomic E-state index is -3.64. The molecule has 0 unspecified atom stereocenters. The van der Waals surface area contributed by atoms with Crippen molar-refractivity contribution in [3.8, 4) is 0 Å². The number of thiophene rings is 1. The van der Waals surface area contributed by atoms with Gasteiger partial charge in [-0.15, -0.1) is 11.3 Å². The van der Waals surface area contributed by atoms with Gasteiger partial charge in [0, 0.05) is 37.7 Å². The highest BCUT2D eigenvalue weighted by Gasteiger charge is 2.29. The predicted octanol–water partition coefficient (Wildman–Crippen LogP) is 3.49. The second kappa shape index (κ2) is 10.2. The second-order valence-electron chi connectivity index (χ2n) is 9.02. The number of amides is 1. The molecule has 1 amide bonds. The van der Waals surface area contributed by atoms with E-state index in [4.69, 9.17) is 14.7 Å². The summed E-state index contributed by atoms with van der Waals surface area (Å²) in [5.41, 5.74) is 1.54. The Morgan fingerprint density at radius 3 is 2.46 bits per heavy atom. The second-order valence-corrected chi connectivity index (χ2v) is 11.6. The molecule has 11 heteroatoms. The quantitative estimate of drug-likeness (QED) is 0.517. The number of ether oxygens (including phenoxy) is 1. The molecule has 2 fully saturated rings. The molecule has 2 N–H and O–H groups in total. The Morgan fingerprint density at radius 1 is 1.06 bits per heavy atom. The van der Waals surface area contributed by atoms with Crippen molar-refractivity contribution in [1.29, 1.82) is 0 Å². The third-order valence-corrected chi connectivity index (χ3v) is 8.95. The number of carbonyl (C=O) groups is 1. The van der Waals surface area contributed by atoms with E-state index in [1.807, 2.05) is 6.07 Å².